The van der Waals surface area contributed by atoms with E-state index in [2.05, 4.69) is 15.9 Å². The molecule has 0 saturated carbocycles. The number of hydrogen-bond acceptors (Lipinski definition) is 2. The SMILES string of the molecule is OC1C=C(c2occc2Br)CC1. The molecule has 1 atom stereocenters. The van der Waals surface area contributed by atoms with Gasteiger partial charge in [-0.2, -0.15) is 0 Å². The molecule has 2 nitrogen and oxygen atoms in total. The van der Waals surface area contributed by atoms with Crippen LogP contribution in [0.5, 0.6) is 0 Å². The zero-order valence-corrected chi connectivity index (χ0v) is 8.04. The molecule has 0 radical (unpaired) electrons. The number of rotatable bonds is 1. The maximum absolute atomic E-state index is 9.26. The molecular formula is C9H9BrO2. The van der Waals surface area contributed by atoms with E-state index in [0.717, 1.165) is 28.6 Å². The highest BCUT2D eigenvalue weighted by Gasteiger charge is 2.18. The third-order valence-electron chi connectivity index (χ3n) is 2.01. The van der Waals surface area contributed by atoms with Crippen molar-refractivity contribution in [1.82, 2.24) is 0 Å². The lowest BCUT2D eigenvalue weighted by atomic mass is 10.2. The zero-order chi connectivity index (χ0) is 8.55. The highest BCUT2D eigenvalue weighted by Crippen LogP contribution is 2.33. The van der Waals surface area contributed by atoms with Crippen molar-refractivity contribution in [3.63, 3.8) is 0 Å². The molecule has 0 aliphatic heterocycles. The predicted molar refractivity (Wildman–Crippen MR) is 49.6 cm³/mol. The Labute approximate surface area is 79.0 Å². The van der Waals surface area contributed by atoms with Crippen molar-refractivity contribution in [2.24, 2.45) is 0 Å². The van der Waals surface area contributed by atoms with Gasteiger partial charge in [-0.05, 0) is 46.5 Å². The first kappa shape index (κ1) is 8.08. The number of aliphatic hydroxyl groups is 1. The molecule has 12 heavy (non-hydrogen) atoms. The van der Waals surface area contributed by atoms with Crippen molar-refractivity contribution in [2.45, 2.75) is 18.9 Å². The maximum Gasteiger partial charge on any atom is 0.143 e. The summed E-state index contributed by atoms with van der Waals surface area (Å²) < 4.78 is 6.23. The molecule has 1 heterocycles. The van der Waals surface area contributed by atoms with Crippen LogP contribution in [0, 0.1) is 0 Å². The fourth-order valence-corrected chi connectivity index (χ4v) is 1.87. The van der Waals surface area contributed by atoms with Crippen molar-refractivity contribution in [1.29, 1.82) is 0 Å². The van der Waals surface area contributed by atoms with Gasteiger partial charge in [-0.25, -0.2) is 0 Å². The molecule has 1 aliphatic carbocycles. The van der Waals surface area contributed by atoms with E-state index in [1.54, 1.807) is 6.26 Å². The summed E-state index contributed by atoms with van der Waals surface area (Å²) >= 11 is 3.38. The molecule has 1 aromatic rings. The number of allylic oxidation sites excluding steroid dienone is 1. The monoisotopic (exact) mass is 228 g/mol. The summed E-state index contributed by atoms with van der Waals surface area (Å²) in [7, 11) is 0. The molecule has 0 saturated heterocycles. The first-order valence-electron chi connectivity index (χ1n) is 3.89. The summed E-state index contributed by atoms with van der Waals surface area (Å²) in [5.41, 5.74) is 1.10. The van der Waals surface area contributed by atoms with Crippen molar-refractivity contribution in [3.05, 3.63) is 28.6 Å². The summed E-state index contributed by atoms with van der Waals surface area (Å²) in [4.78, 5) is 0. The van der Waals surface area contributed by atoms with E-state index in [-0.39, 0.29) is 6.10 Å². The Morgan fingerprint density at radius 1 is 1.58 bits per heavy atom. The molecule has 0 amide bonds. The van der Waals surface area contributed by atoms with Crippen LogP contribution in [0.4, 0.5) is 0 Å². The summed E-state index contributed by atoms with van der Waals surface area (Å²) in [5.74, 6) is 0.853. The normalized spacial score (nSPS) is 22.8. The Morgan fingerprint density at radius 3 is 2.92 bits per heavy atom. The van der Waals surface area contributed by atoms with Gasteiger partial charge in [-0.1, -0.05) is 0 Å². The predicted octanol–water partition coefficient (Wildman–Crippen LogP) is 2.58. The van der Waals surface area contributed by atoms with Crippen molar-refractivity contribution < 1.29 is 9.52 Å². The number of aliphatic hydroxyl groups excluding tert-OH is 1. The van der Waals surface area contributed by atoms with Gasteiger partial charge in [-0.3, -0.25) is 0 Å². The Kier molecular flexibility index (Phi) is 2.07. The Hall–Kier alpha value is -0.540. The van der Waals surface area contributed by atoms with Gasteiger partial charge in [0.25, 0.3) is 0 Å². The Bertz CT molecular complexity index is 314. The minimum Gasteiger partial charge on any atom is -0.463 e. The van der Waals surface area contributed by atoms with Gasteiger partial charge >= 0.3 is 0 Å². The summed E-state index contributed by atoms with van der Waals surface area (Å²) in [6.07, 6.45) is 4.90. The minimum atomic E-state index is -0.294. The molecule has 0 spiro atoms. The highest BCUT2D eigenvalue weighted by molar-refractivity contribution is 9.10. The molecule has 1 aromatic heterocycles. The van der Waals surface area contributed by atoms with Crippen LogP contribution < -0.4 is 0 Å². The molecular weight excluding hydrogens is 220 g/mol. The van der Waals surface area contributed by atoms with Crippen molar-refractivity contribution >= 4 is 21.5 Å². The number of halogens is 1. The first-order valence-corrected chi connectivity index (χ1v) is 4.69. The standard InChI is InChI=1S/C9H9BrO2/c10-8-3-4-12-9(8)6-1-2-7(11)5-6/h3-5,7,11H,1-2H2. The summed E-state index contributed by atoms with van der Waals surface area (Å²) in [5, 5.41) is 9.26. The van der Waals surface area contributed by atoms with Crippen molar-refractivity contribution in [2.75, 3.05) is 0 Å². The van der Waals surface area contributed by atoms with E-state index in [1.165, 1.54) is 0 Å². The molecule has 3 heteroatoms. The van der Waals surface area contributed by atoms with Crippen LogP contribution in [0.2, 0.25) is 0 Å². The lowest BCUT2D eigenvalue weighted by molar-refractivity contribution is 0.223. The van der Waals surface area contributed by atoms with E-state index in [0.29, 0.717) is 0 Å². The molecule has 64 valence electrons. The van der Waals surface area contributed by atoms with E-state index in [9.17, 15) is 5.11 Å². The largest absolute Gasteiger partial charge is 0.463 e. The third-order valence-corrected chi connectivity index (χ3v) is 2.64. The summed E-state index contributed by atoms with van der Waals surface area (Å²) in [6.45, 7) is 0. The molecule has 1 unspecified atom stereocenters. The molecule has 0 bridgehead atoms. The lowest BCUT2D eigenvalue weighted by Gasteiger charge is -1.95. The van der Waals surface area contributed by atoms with Gasteiger partial charge in [-0.15, -0.1) is 0 Å². The van der Waals surface area contributed by atoms with Gasteiger partial charge in [0.1, 0.15) is 5.76 Å². The van der Waals surface area contributed by atoms with Gasteiger partial charge in [0.05, 0.1) is 16.8 Å². The molecule has 0 aromatic carbocycles. The zero-order valence-electron chi connectivity index (χ0n) is 6.46. The molecule has 0 fully saturated rings. The van der Waals surface area contributed by atoms with Crippen molar-refractivity contribution in [3.8, 4) is 0 Å². The quantitative estimate of drug-likeness (QED) is 0.802. The van der Waals surface area contributed by atoms with E-state index >= 15 is 0 Å². The van der Waals surface area contributed by atoms with E-state index in [1.807, 2.05) is 12.1 Å². The fourth-order valence-electron chi connectivity index (χ4n) is 1.41. The van der Waals surface area contributed by atoms with Gasteiger partial charge in [0, 0.05) is 0 Å². The molecule has 1 aliphatic rings. The number of furan rings is 1. The smallest absolute Gasteiger partial charge is 0.143 e. The Morgan fingerprint density at radius 2 is 2.42 bits per heavy atom. The van der Waals surface area contributed by atoms with Crippen LogP contribution in [0.1, 0.15) is 18.6 Å². The van der Waals surface area contributed by atoms with Gasteiger partial charge < -0.3 is 9.52 Å². The van der Waals surface area contributed by atoms with Crippen LogP contribution in [0.15, 0.2) is 27.3 Å². The highest BCUT2D eigenvalue weighted by atomic mass is 79.9. The van der Waals surface area contributed by atoms with Gasteiger partial charge in [0.15, 0.2) is 0 Å². The average molecular weight is 229 g/mol. The second kappa shape index (κ2) is 3.07. The van der Waals surface area contributed by atoms with Crippen LogP contribution in [0.25, 0.3) is 5.57 Å². The van der Waals surface area contributed by atoms with E-state index < -0.39 is 0 Å². The van der Waals surface area contributed by atoms with Crippen LogP contribution in [0.3, 0.4) is 0 Å². The molecule has 2 rings (SSSR count). The van der Waals surface area contributed by atoms with Gasteiger partial charge in [0.2, 0.25) is 0 Å². The third kappa shape index (κ3) is 1.34. The average Bonchev–Trinajstić information content (AvgIpc) is 2.58. The van der Waals surface area contributed by atoms with Crippen LogP contribution in [-0.4, -0.2) is 11.2 Å². The first-order chi connectivity index (χ1) is 5.77. The summed E-state index contributed by atoms with van der Waals surface area (Å²) in [6, 6.07) is 1.86. The lowest BCUT2D eigenvalue weighted by Crippen LogP contribution is -1.93. The number of hydrogen-bond donors (Lipinski definition) is 1. The van der Waals surface area contributed by atoms with E-state index in [4.69, 9.17) is 4.42 Å². The van der Waals surface area contributed by atoms with Crippen LogP contribution in [-0.2, 0) is 0 Å². The minimum absolute atomic E-state index is 0.294. The Balaban J connectivity index is 2.32. The fraction of sp³-hybridized carbons (Fsp3) is 0.333. The second-order valence-electron chi connectivity index (χ2n) is 2.90. The molecule has 1 N–H and O–H groups in total. The maximum atomic E-state index is 9.26. The second-order valence-corrected chi connectivity index (χ2v) is 3.75. The van der Waals surface area contributed by atoms with Crippen LogP contribution >= 0.6 is 15.9 Å². The topological polar surface area (TPSA) is 33.4 Å².